The van der Waals surface area contributed by atoms with E-state index >= 15 is 0 Å². The lowest BCUT2D eigenvalue weighted by Crippen LogP contribution is -2.31. The van der Waals surface area contributed by atoms with E-state index in [4.69, 9.17) is 5.73 Å². The molecule has 0 spiro atoms. The van der Waals surface area contributed by atoms with Crippen molar-refractivity contribution in [2.45, 2.75) is 6.92 Å². The Labute approximate surface area is 122 Å². The SMILES string of the molecule is Cc1ccc(N2CCN(c3cccc(F)c3)C2=O)cc1N. The monoisotopic (exact) mass is 285 g/mol. The normalized spacial score (nSPS) is 14.9. The molecule has 0 atom stereocenters. The van der Waals surface area contributed by atoms with Crippen molar-refractivity contribution in [1.29, 1.82) is 0 Å². The van der Waals surface area contributed by atoms with E-state index in [-0.39, 0.29) is 11.8 Å². The molecule has 21 heavy (non-hydrogen) atoms. The summed E-state index contributed by atoms with van der Waals surface area (Å²) < 4.78 is 13.3. The summed E-state index contributed by atoms with van der Waals surface area (Å²) in [5.74, 6) is -0.349. The number of nitrogens with zero attached hydrogens (tertiary/aromatic N) is 2. The second-order valence-electron chi connectivity index (χ2n) is 5.11. The lowest BCUT2D eigenvalue weighted by atomic mass is 10.2. The van der Waals surface area contributed by atoms with Crippen molar-refractivity contribution in [2.75, 3.05) is 28.6 Å². The van der Waals surface area contributed by atoms with E-state index in [0.717, 1.165) is 11.3 Å². The van der Waals surface area contributed by atoms with Crippen LogP contribution in [0.2, 0.25) is 0 Å². The minimum Gasteiger partial charge on any atom is -0.398 e. The van der Waals surface area contributed by atoms with Crippen LogP contribution in [-0.4, -0.2) is 19.1 Å². The van der Waals surface area contributed by atoms with Gasteiger partial charge in [-0.25, -0.2) is 9.18 Å². The summed E-state index contributed by atoms with van der Waals surface area (Å²) >= 11 is 0. The summed E-state index contributed by atoms with van der Waals surface area (Å²) in [5, 5.41) is 0. The van der Waals surface area contributed by atoms with Crippen LogP contribution in [0.4, 0.5) is 26.2 Å². The van der Waals surface area contributed by atoms with Crippen LogP contribution in [0.25, 0.3) is 0 Å². The molecule has 4 nitrogen and oxygen atoms in total. The zero-order valence-electron chi connectivity index (χ0n) is 11.7. The number of anilines is 3. The number of benzene rings is 2. The van der Waals surface area contributed by atoms with Gasteiger partial charge in [-0.3, -0.25) is 9.80 Å². The van der Waals surface area contributed by atoms with Crippen molar-refractivity contribution in [3.63, 3.8) is 0 Å². The zero-order chi connectivity index (χ0) is 15.0. The molecule has 1 saturated heterocycles. The van der Waals surface area contributed by atoms with Gasteiger partial charge in [0.1, 0.15) is 5.82 Å². The summed E-state index contributed by atoms with van der Waals surface area (Å²) in [4.78, 5) is 15.7. The lowest BCUT2D eigenvalue weighted by Gasteiger charge is -2.19. The van der Waals surface area contributed by atoms with Crippen LogP contribution < -0.4 is 15.5 Å². The van der Waals surface area contributed by atoms with E-state index < -0.39 is 0 Å². The number of carbonyl (C=O) groups is 1. The maximum atomic E-state index is 13.3. The third-order valence-corrected chi connectivity index (χ3v) is 3.70. The van der Waals surface area contributed by atoms with Crippen LogP contribution in [-0.2, 0) is 0 Å². The van der Waals surface area contributed by atoms with Gasteiger partial charge in [-0.15, -0.1) is 0 Å². The van der Waals surface area contributed by atoms with Crippen LogP contribution in [0.1, 0.15) is 5.56 Å². The van der Waals surface area contributed by atoms with Crippen LogP contribution >= 0.6 is 0 Å². The minimum atomic E-state index is -0.349. The Bertz CT molecular complexity index is 702. The summed E-state index contributed by atoms with van der Waals surface area (Å²) in [6, 6.07) is 11.5. The number of halogens is 1. The first-order chi connectivity index (χ1) is 10.1. The quantitative estimate of drug-likeness (QED) is 0.862. The predicted molar refractivity (Wildman–Crippen MR) is 82.1 cm³/mol. The number of urea groups is 1. The van der Waals surface area contributed by atoms with Crippen molar-refractivity contribution < 1.29 is 9.18 Å². The summed E-state index contributed by atoms with van der Waals surface area (Å²) in [7, 11) is 0. The Morgan fingerprint density at radius 2 is 1.71 bits per heavy atom. The number of rotatable bonds is 2. The van der Waals surface area contributed by atoms with E-state index in [1.807, 2.05) is 19.1 Å². The summed E-state index contributed by atoms with van der Waals surface area (Å²) in [5.41, 5.74) is 8.87. The molecule has 1 aliphatic rings. The molecule has 0 aliphatic carbocycles. The average Bonchev–Trinajstić information content (AvgIpc) is 2.84. The van der Waals surface area contributed by atoms with Gasteiger partial charge in [0.2, 0.25) is 0 Å². The molecule has 1 fully saturated rings. The van der Waals surface area contributed by atoms with Crippen molar-refractivity contribution in [1.82, 2.24) is 0 Å². The number of nitrogen functional groups attached to an aromatic ring is 1. The van der Waals surface area contributed by atoms with Crippen molar-refractivity contribution in [3.8, 4) is 0 Å². The number of nitrogens with two attached hydrogens (primary N) is 1. The number of hydrogen-bond acceptors (Lipinski definition) is 2. The number of hydrogen-bond donors (Lipinski definition) is 1. The first-order valence-electron chi connectivity index (χ1n) is 6.77. The highest BCUT2D eigenvalue weighted by Gasteiger charge is 2.30. The van der Waals surface area contributed by atoms with Crippen molar-refractivity contribution in [3.05, 3.63) is 53.8 Å². The Morgan fingerprint density at radius 3 is 2.33 bits per heavy atom. The van der Waals surface area contributed by atoms with Gasteiger partial charge in [0.25, 0.3) is 0 Å². The van der Waals surface area contributed by atoms with Crippen LogP contribution in [0.15, 0.2) is 42.5 Å². The molecule has 2 amide bonds. The molecule has 1 heterocycles. The highest BCUT2D eigenvalue weighted by Crippen LogP contribution is 2.27. The first-order valence-corrected chi connectivity index (χ1v) is 6.77. The molecule has 0 radical (unpaired) electrons. The third-order valence-electron chi connectivity index (χ3n) is 3.70. The van der Waals surface area contributed by atoms with Gasteiger partial charge in [0, 0.05) is 30.2 Å². The Morgan fingerprint density at radius 1 is 1.05 bits per heavy atom. The van der Waals surface area contributed by atoms with E-state index in [1.165, 1.54) is 12.1 Å². The van der Waals surface area contributed by atoms with Gasteiger partial charge in [-0.1, -0.05) is 12.1 Å². The molecular formula is C16H16FN3O. The first kappa shape index (κ1) is 13.4. The second-order valence-corrected chi connectivity index (χ2v) is 5.11. The van der Waals surface area contributed by atoms with Gasteiger partial charge in [0.05, 0.1) is 0 Å². The molecule has 2 aromatic rings. The molecule has 5 heteroatoms. The van der Waals surface area contributed by atoms with Gasteiger partial charge < -0.3 is 5.73 Å². The molecule has 3 rings (SSSR count). The average molecular weight is 285 g/mol. The Hall–Kier alpha value is -2.56. The zero-order valence-corrected chi connectivity index (χ0v) is 11.7. The largest absolute Gasteiger partial charge is 0.398 e. The number of aryl methyl sites for hydroxylation is 1. The molecule has 0 unspecified atom stereocenters. The van der Waals surface area contributed by atoms with Gasteiger partial charge in [0.15, 0.2) is 0 Å². The van der Waals surface area contributed by atoms with Crippen LogP contribution in [0, 0.1) is 12.7 Å². The third kappa shape index (κ3) is 2.42. The number of amides is 2. The van der Waals surface area contributed by atoms with Gasteiger partial charge in [-0.05, 0) is 42.8 Å². The predicted octanol–water partition coefficient (Wildman–Crippen LogP) is 3.16. The van der Waals surface area contributed by atoms with E-state index in [1.54, 1.807) is 28.0 Å². The topological polar surface area (TPSA) is 49.6 Å². The van der Waals surface area contributed by atoms with E-state index in [0.29, 0.717) is 24.5 Å². The number of carbonyl (C=O) groups excluding carboxylic acids is 1. The lowest BCUT2D eigenvalue weighted by molar-refractivity contribution is 0.256. The van der Waals surface area contributed by atoms with Gasteiger partial charge >= 0.3 is 6.03 Å². The standard InChI is InChI=1S/C16H16FN3O/c1-11-5-6-14(10-15(11)18)20-8-7-19(16(20)21)13-4-2-3-12(17)9-13/h2-6,9-10H,7-8,18H2,1H3. The maximum Gasteiger partial charge on any atom is 0.329 e. The molecular weight excluding hydrogens is 269 g/mol. The molecule has 0 aromatic heterocycles. The molecule has 1 aliphatic heterocycles. The summed E-state index contributed by atoms with van der Waals surface area (Å²) in [6.45, 7) is 3.00. The molecule has 0 saturated carbocycles. The summed E-state index contributed by atoms with van der Waals surface area (Å²) in [6.07, 6.45) is 0. The second kappa shape index (κ2) is 5.09. The van der Waals surface area contributed by atoms with Crippen LogP contribution in [0.5, 0.6) is 0 Å². The fraction of sp³-hybridized carbons (Fsp3) is 0.188. The molecule has 2 N–H and O–H groups in total. The minimum absolute atomic E-state index is 0.163. The highest BCUT2D eigenvalue weighted by atomic mass is 19.1. The Balaban J connectivity index is 1.88. The highest BCUT2D eigenvalue weighted by molar-refractivity contribution is 6.06. The van der Waals surface area contributed by atoms with Gasteiger partial charge in [-0.2, -0.15) is 0 Å². The maximum absolute atomic E-state index is 13.3. The fourth-order valence-electron chi connectivity index (χ4n) is 2.46. The van der Waals surface area contributed by atoms with Crippen molar-refractivity contribution in [2.24, 2.45) is 0 Å². The van der Waals surface area contributed by atoms with E-state index in [2.05, 4.69) is 0 Å². The van der Waals surface area contributed by atoms with Crippen molar-refractivity contribution >= 4 is 23.1 Å². The fourth-order valence-corrected chi connectivity index (χ4v) is 2.46. The molecule has 2 aromatic carbocycles. The van der Waals surface area contributed by atoms with E-state index in [9.17, 15) is 9.18 Å². The Kier molecular flexibility index (Phi) is 3.25. The molecule has 0 bridgehead atoms. The smallest absolute Gasteiger partial charge is 0.329 e. The van der Waals surface area contributed by atoms with Crippen LogP contribution in [0.3, 0.4) is 0 Å². The molecule has 108 valence electrons.